The van der Waals surface area contributed by atoms with Gasteiger partial charge in [-0.05, 0) is 74.3 Å². The van der Waals surface area contributed by atoms with E-state index in [0.717, 1.165) is 5.56 Å². The minimum absolute atomic E-state index is 0.118. The molecule has 0 bridgehead atoms. The van der Waals surface area contributed by atoms with Crippen molar-refractivity contribution in [3.63, 3.8) is 0 Å². The van der Waals surface area contributed by atoms with E-state index in [-0.39, 0.29) is 29.8 Å². The van der Waals surface area contributed by atoms with Crippen LogP contribution in [0, 0.1) is 24.4 Å². The highest BCUT2D eigenvalue weighted by Crippen LogP contribution is 2.38. The van der Waals surface area contributed by atoms with Crippen LogP contribution in [-0.2, 0) is 16.1 Å². The third-order valence-corrected chi connectivity index (χ3v) is 6.59. The molecule has 0 N–H and O–H groups in total. The lowest BCUT2D eigenvalue weighted by Gasteiger charge is -2.29. The largest absolute Gasteiger partial charge is 0.459 e. The highest BCUT2D eigenvalue weighted by Gasteiger charge is 2.29. The van der Waals surface area contributed by atoms with E-state index in [2.05, 4.69) is 0 Å². The first-order valence-corrected chi connectivity index (χ1v) is 12.0. The van der Waals surface area contributed by atoms with Gasteiger partial charge in [-0.15, -0.1) is 0 Å². The summed E-state index contributed by atoms with van der Waals surface area (Å²) >= 11 is 0. The Bertz CT molecular complexity index is 1180. The quantitative estimate of drug-likeness (QED) is 0.327. The molecule has 0 unspecified atom stereocenters. The fraction of sp³-hybridized carbons (Fsp3) is 0.345. The average Bonchev–Trinajstić information content (AvgIpc) is 2.85. The van der Waals surface area contributed by atoms with Gasteiger partial charge in [0, 0.05) is 12.2 Å². The van der Waals surface area contributed by atoms with Gasteiger partial charge in [0.25, 0.3) is 0 Å². The molecule has 1 aliphatic rings. The molecular weight excluding hydrogens is 453 g/mol. The van der Waals surface area contributed by atoms with Crippen LogP contribution in [0.4, 0.5) is 13.2 Å². The van der Waals surface area contributed by atoms with Gasteiger partial charge in [0.15, 0.2) is 11.6 Å². The van der Waals surface area contributed by atoms with Crippen LogP contribution in [0.2, 0.25) is 0 Å². The number of rotatable bonds is 7. The summed E-state index contributed by atoms with van der Waals surface area (Å²) in [5, 5.41) is 0. The molecule has 0 amide bonds. The van der Waals surface area contributed by atoms with Crippen LogP contribution in [0.3, 0.4) is 0 Å². The monoisotopic (exact) mass is 482 g/mol. The molecule has 3 aromatic rings. The van der Waals surface area contributed by atoms with Crippen molar-refractivity contribution in [2.75, 3.05) is 6.61 Å². The second-order valence-corrected chi connectivity index (χ2v) is 9.03. The number of halogens is 3. The predicted octanol–water partition coefficient (Wildman–Crippen LogP) is 7.50. The van der Waals surface area contributed by atoms with Gasteiger partial charge in [-0.3, -0.25) is 0 Å². The standard InChI is InChI=1S/C29H29F3O3/c1-3-34-17-19-6-13-25(26(30)16-19)29(33)35-22-11-9-21(10-12-22)24-15-14-23(27(31)28(24)32)20-7-4-18(2)5-8-20/h4-8,13-16,21-22H,3,9-12,17H2,1-2H3. The molecule has 35 heavy (non-hydrogen) atoms. The average molecular weight is 483 g/mol. The lowest BCUT2D eigenvalue weighted by atomic mass is 9.82. The van der Waals surface area contributed by atoms with E-state index >= 15 is 0 Å². The molecule has 6 heteroatoms. The Morgan fingerprint density at radius 3 is 2.29 bits per heavy atom. The van der Waals surface area contributed by atoms with Gasteiger partial charge in [0.05, 0.1) is 12.2 Å². The van der Waals surface area contributed by atoms with Crippen LogP contribution < -0.4 is 0 Å². The number of benzene rings is 3. The second-order valence-electron chi connectivity index (χ2n) is 9.03. The first-order chi connectivity index (χ1) is 16.9. The van der Waals surface area contributed by atoms with Gasteiger partial charge in [-0.2, -0.15) is 0 Å². The molecule has 0 heterocycles. The van der Waals surface area contributed by atoms with E-state index in [4.69, 9.17) is 9.47 Å². The van der Waals surface area contributed by atoms with Crippen LogP contribution >= 0.6 is 0 Å². The van der Waals surface area contributed by atoms with E-state index in [1.165, 1.54) is 12.1 Å². The molecule has 0 spiro atoms. The smallest absolute Gasteiger partial charge is 0.341 e. The molecule has 0 saturated heterocycles. The van der Waals surface area contributed by atoms with Crippen LogP contribution in [0.25, 0.3) is 11.1 Å². The summed E-state index contributed by atoms with van der Waals surface area (Å²) in [5.41, 5.74) is 2.79. The van der Waals surface area contributed by atoms with Crippen LogP contribution in [0.5, 0.6) is 0 Å². The maximum Gasteiger partial charge on any atom is 0.341 e. The summed E-state index contributed by atoms with van der Waals surface area (Å²) in [4.78, 5) is 12.5. The summed E-state index contributed by atoms with van der Waals surface area (Å²) in [6, 6.07) is 14.9. The lowest BCUT2D eigenvalue weighted by Crippen LogP contribution is -2.25. The minimum atomic E-state index is -0.844. The maximum absolute atomic E-state index is 15.0. The molecule has 0 radical (unpaired) electrons. The molecule has 0 aromatic heterocycles. The number of hydrogen-bond acceptors (Lipinski definition) is 3. The van der Waals surface area contributed by atoms with E-state index in [1.54, 1.807) is 30.3 Å². The molecule has 4 rings (SSSR count). The predicted molar refractivity (Wildman–Crippen MR) is 129 cm³/mol. The van der Waals surface area contributed by atoms with E-state index < -0.39 is 23.4 Å². The summed E-state index contributed by atoms with van der Waals surface area (Å²) in [5.74, 6) is -3.19. The van der Waals surface area contributed by atoms with Gasteiger partial charge in [0.2, 0.25) is 0 Å². The molecule has 1 fully saturated rings. The fourth-order valence-electron chi connectivity index (χ4n) is 4.58. The van der Waals surface area contributed by atoms with Gasteiger partial charge in [0.1, 0.15) is 11.9 Å². The molecule has 1 aliphatic carbocycles. The van der Waals surface area contributed by atoms with Crippen molar-refractivity contribution in [3.05, 3.63) is 94.3 Å². The Morgan fingerprint density at radius 1 is 0.914 bits per heavy atom. The molecular formula is C29H29F3O3. The summed E-state index contributed by atoms with van der Waals surface area (Å²) in [6.07, 6.45) is 1.71. The molecule has 1 saturated carbocycles. The third kappa shape index (κ3) is 5.76. The van der Waals surface area contributed by atoms with Gasteiger partial charge in [-0.25, -0.2) is 18.0 Å². The van der Waals surface area contributed by atoms with Crippen molar-refractivity contribution in [1.29, 1.82) is 0 Å². The zero-order valence-electron chi connectivity index (χ0n) is 20.0. The third-order valence-electron chi connectivity index (χ3n) is 6.59. The molecule has 3 nitrogen and oxygen atoms in total. The van der Waals surface area contributed by atoms with Crippen LogP contribution in [-0.4, -0.2) is 18.7 Å². The van der Waals surface area contributed by atoms with Gasteiger partial charge in [-0.1, -0.05) is 48.0 Å². The molecule has 3 aromatic carbocycles. The number of esters is 1. The van der Waals surface area contributed by atoms with Crippen molar-refractivity contribution >= 4 is 5.97 Å². The van der Waals surface area contributed by atoms with Crippen molar-refractivity contribution in [3.8, 4) is 11.1 Å². The number of hydrogen-bond donors (Lipinski definition) is 0. The molecule has 0 atom stereocenters. The number of aryl methyl sites for hydroxylation is 1. The normalized spacial score (nSPS) is 17.9. The van der Waals surface area contributed by atoms with Crippen molar-refractivity contribution < 1.29 is 27.4 Å². The van der Waals surface area contributed by atoms with Gasteiger partial charge >= 0.3 is 5.97 Å². The van der Waals surface area contributed by atoms with Crippen molar-refractivity contribution in [1.82, 2.24) is 0 Å². The maximum atomic E-state index is 15.0. The number of carbonyl (C=O) groups is 1. The van der Waals surface area contributed by atoms with E-state index in [1.807, 2.05) is 26.0 Å². The van der Waals surface area contributed by atoms with Crippen molar-refractivity contribution in [2.45, 2.75) is 58.2 Å². The second kappa shape index (κ2) is 11.1. The van der Waals surface area contributed by atoms with E-state index in [0.29, 0.717) is 49.0 Å². The van der Waals surface area contributed by atoms with Crippen molar-refractivity contribution in [2.24, 2.45) is 0 Å². The lowest BCUT2D eigenvalue weighted by molar-refractivity contribution is 0.0189. The highest BCUT2D eigenvalue weighted by atomic mass is 19.2. The zero-order valence-corrected chi connectivity index (χ0v) is 20.0. The molecule has 0 aliphatic heterocycles. The van der Waals surface area contributed by atoms with E-state index in [9.17, 15) is 18.0 Å². The summed E-state index contributed by atoms with van der Waals surface area (Å²) < 4.78 is 55.0. The first kappa shape index (κ1) is 25.0. The Balaban J connectivity index is 1.38. The summed E-state index contributed by atoms with van der Waals surface area (Å²) in [6.45, 7) is 4.58. The zero-order chi connectivity index (χ0) is 24.9. The Labute approximate surface area is 203 Å². The van der Waals surface area contributed by atoms with Crippen LogP contribution in [0.15, 0.2) is 54.6 Å². The highest BCUT2D eigenvalue weighted by molar-refractivity contribution is 5.89. The number of carbonyl (C=O) groups excluding carboxylic acids is 1. The summed E-state index contributed by atoms with van der Waals surface area (Å²) in [7, 11) is 0. The molecule has 184 valence electrons. The Hall–Kier alpha value is -3.12. The SMILES string of the molecule is CCOCc1ccc(C(=O)OC2CCC(c3ccc(-c4ccc(C)cc4)c(F)c3F)CC2)c(F)c1. The van der Waals surface area contributed by atoms with Gasteiger partial charge < -0.3 is 9.47 Å². The fourth-order valence-corrected chi connectivity index (χ4v) is 4.58. The topological polar surface area (TPSA) is 35.5 Å². The number of ether oxygens (including phenoxy) is 2. The van der Waals surface area contributed by atoms with Crippen LogP contribution in [0.1, 0.15) is 65.6 Å². The minimum Gasteiger partial charge on any atom is -0.459 e. The Morgan fingerprint density at radius 2 is 1.63 bits per heavy atom. The first-order valence-electron chi connectivity index (χ1n) is 12.0. The Kier molecular flexibility index (Phi) is 7.91.